The Morgan fingerprint density at radius 3 is 2.81 bits per heavy atom. The molecule has 1 aromatic heterocycles. The summed E-state index contributed by atoms with van der Waals surface area (Å²) in [5.41, 5.74) is 5.74. The molecule has 0 bridgehead atoms. The third kappa shape index (κ3) is 3.77. The maximum atomic E-state index is 10.7. The van der Waals surface area contributed by atoms with Crippen molar-refractivity contribution < 1.29 is 14.7 Å². The SMILES string of the molecule is Nc1nc(C(C=O)=CCCCC(=O)O)ns1. The highest BCUT2D eigenvalue weighted by molar-refractivity contribution is 7.09. The van der Waals surface area contributed by atoms with Crippen LogP contribution in [0.4, 0.5) is 5.13 Å². The Labute approximate surface area is 96.0 Å². The van der Waals surface area contributed by atoms with E-state index in [4.69, 9.17) is 10.8 Å². The van der Waals surface area contributed by atoms with E-state index in [0.29, 0.717) is 35.7 Å². The number of hydrogen-bond donors (Lipinski definition) is 2. The average molecular weight is 241 g/mol. The first-order valence-corrected chi connectivity index (χ1v) is 5.37. The Hall–Kier alpha value is -1.76. The van der Waals surface area contributed by atoms with Crippen molar-refractivity contribution in [1.29, 1.82) is 0 Å². The summed E-state index contributed by atoms with van der Waals surface area (Å²) in [6.07, 6.45) is 3.32. The standard InChI is InChI=1S/C9H11N3O3S/c10-9-11-8(12-16-9)6(5-13)3-1-2-4-7(14)15/h3,5H,1-2,4H2,(H,14,15)(H2,10,11,12). The molecule has 0 saturated carbocycles. The molecule has 0 aromatic carbocycles. The fraction of sp³-hybridized carbons (Fsp3) is 0.333. The number of nitrogens with zero attached hydrogens (tertiary/aromatic N) is 2. The lowest BCUT2D eigenvalue weighted by Gasteiger charge is -1.94. The largest absolute Gasteiger partial charge is 0.481 e. The van der Waals surface area contributed by atoms with E-state index < -0.39 is 5.97 Å². The molecule has 0 fully saturated rings. The van der Waals surface area contributed by atoms with E-state index in [0.717, 1.165) is 11.5 Å². The third-order valence-electron chi connectivity index (χ3n) is 1.79. The van der Waals surface area contributed by atoms with Crippen molar-refractivity contribution in [1.82, 2.24) is 9.36 Å². The van der Waals surface area contributed by atoms with Crippen LogP contribution in [0.5, 0.6) is 0 Å². The molecule has 0 radical (unpaired) electrons. The van der Waals surface area contributed by atoms with Crippen molar-refractivity contribution >= 4 is 34.5 Å². The van der Waals surface area contributed by atoms with Gasteiger partial charge >= 0.3 is 5.97 Å². The molecular formula is C9H11N3O3S. The van der Waals surface area contributed by atoms with E-state index in [-0.39, 0.29) is 6.42 Å². The summed E-state index contributed by atoms with van der Waals surface area (Å²) in [7, 11) is 0. The van der Waals surface area contributed by atoms with Crippen molar-refractivity contribution in [2.75, 3.05) is 5.73 Å². The summed E-state index contributed by atoms with van der Waals surface area (Å²) in [6.45, 7) is 0. The minimum absolute atomic E-state index is 0.0786. The van der Waals surface area contributed by atoms with Crippen molar-refractivity contribution in [2.24, 2.45) is 0 Å². The molecule has 0 saturated heterocycles. The predicted octanol–water partition coefficient (Wildman–Crippen LogP) is 0.958. The average Bonchev–Trinajstić information content (AvgIpc) is 2.64. The number of aliphatic carboxylic acids is 1. The van der Waals surface area contributed by atoms with Crippen molar-refractivity contribution in [3.05, 3.63) is 11.9 Å². The van der Waals surface area contributed by atoms with E-state index in [1.54, 1.807) is 6.08 Å². The second-order valence-electron chi connectivity index (χ2n) is 3.02. The van der Waals surface area contributed by atoms with Crippen LogP contribution in [0.1, 0.15) is 25.1 Å². The molecular weight excluding hydrogens is 230 g/mol. The molecule has 1 aromatic rings. The number of nitrogens with two attached hydrogens (primary N) is 1. The van der Waals surface area contributed by atoms with Crippen molar-refractivity contribution in [3.8, 4) is 0 Å². The zero-order valence-electron chi connectivity index (χ0n) is 8.42. The lowest BCUT2D eigenvalue weighted by Crippen LogP contribution is -1.94. The van der Waals surface area contributed by atoms with Gasteiger partial charge in [0.25, 0.3) is 0 Å². The Kier molecular flexibility index (Phi) is 4.59. The molecule has 16 heavy (non-hydrogen) atoms. The number of carboxylic acid groups (broad SMARTS) is 1. The first-order chi connectivity index (χ1) is 7.63. The van der Waals surface area contributed by atoms with Crippen LogP contribution in [0.3, 0.4) is 0 Å². The highest BCUT2D eigenvalue weighted by Crippen LogP contribution is 2.14. The molecule has 0 aliphatic heterocycles. The van der Waals surface area contributed by atoms with Gasteiger partial charge in [-0.3, -0.25) is 9.59 Å². The van der Waals surface area contributed by atoms with Crippen LogP contribution in [-0.2, 0) is 9.59 Å². The molecule has 0 atom stereocenters. The summed E-state index contributed by atoms with van der Waals surface area (Å²) < 4.78 is 3.89. The van der Waals surface area contributed by atoms with Gasteiger partial charge in [0.05, 0.1) is 5.57 Å². The van der Waals surface area contributed by atoms with Gasteiger partial charge < -0.3 is 10.8 Å². The number of aldehydes is 1. The van der Waals surface area contributed by atoms with Crippen LogP contribution in [0, 0.1) is 0 Å². The number of unbranched alkanes of at least 4 members (excludes halogenated alkanes) is 1. The quantitative estimate of drug-likeness (QED) is 0.436. The summed E-state index contributed by atoms with van der Waals surface area (Å²) in [4.78, 5) is 24.9. The summed E-state index contributed by atoms with van der Waals surface area (Å²) in [6, 6.07) is 0. The normalized spacial score (nSPS) is 11.4. The van der Waals surface area contributed by atoms with Crippen LogP contribution in [0.15, 0.2) is 6.08 Å². The fourth-order valence-electron chi connectivity index (χ4n) is 1.06. The van der Waals surface area contributed by atoms with Gasteiger partial charge in [-0.2, -0.15) is 9.36 Å². The molecule has 0 unspecified atom stereocenters. The van der Waals surface area contributed by atoms with E-state index in [1.807, 2.05) is 0 Å². The zero-order chi connectivity index (χ0) is 12.0. The van der Waals surface area contributed by atoms with Gasteiger partial charge in [-0.1, -0.05) is 6.08 Å². The Bertz CT molecular complexity index is 414. The maximum absolute atomic E-state index is 10.7. The number of hydrogen-bond acceptors (Lipinski definition) is 6. The summed E-state index contributed by atoms with van der Waals surface area (Å²) >= 11 is 1.02. The molecule has 0 spiro atoms. The van der Waals surface area contributed by atoms with Gasteiger partial charge in [0.2, 0.25) is 0 Å². The smallest absolute Gasteiger partial charge is 0.303 e. The van der Waals surface area contributed by atoms with Gasteiger partial charge in [-0.15, -0.1) is 0 Å². The number of nitrogen functional groups attached to an aromatic ring is 1. The molecule has 0 amide bonds. The number of aromatic nitrogens is 2. The van der Waals surface area contributed by atoms with E-state index in [1.165, 1.54) is 0 Å². The molecule has 0 aliphatic rings. The van der Waals surface area contributed by atoms with Gasteiger partial charge in [-0.05, 0) is 12.8 Å². The Morgan fingerprint density at radius 1 is 1.56 bits per heavy atom. The predicted molar refractivity (Wildman–Crippen MR) is 59.8 cm³/mol. The Balaban J connectivity index is 2.57. The van der Waals surface area contributed by atoms with E-state index in [2.05, 4.69) is 9.36 Å². The van der Waals surface area contributed by atoms with Crippen LogP contribution in [-0.4, -0.2) is 26.7 Å². The van der Waals surface area contributed by atoms with E-state index in [9.17, 15) is 9.59 Å². The minimum atomic E-state index is -0.850. The first-order valence-electron chi connectivity index (χ1n) is 4.60. The molecule has 1 rings (SSSR count). The molecule has 86 valence electrons. The monoisotopic (exact) mass is 241 g/mol. The van der Waals surface area contributed by atoms with Gasteiger partial charge in [0, 0.05) is 18.0 Å². The first kappa shape index (κ1) is 12.3. The van der Waals surface area contributed by atoms with Crippen molar-refractivity contribution in [2.45, 2.75) is 19.3 Å². The molecule has 0 aliphatic carbocycles. The third-order valence-corrected chi connectivity index (χ3v) is 2.33. The molecule has 3 N–H and O–H groups in total. The number of carbonyl (C=O) groups excluding carboxylic acids is 1. The van der Waals surface area contributed by atoms with Gasteiger partial charge in [0.15, 0.2) is 17.2 Å². The fourth-order valence-corrected chi connectivity index (χ4v) is 1.51. The minimum Gasteiger partial charge on any atom is -0.481 e. The van der Waals surface area contributed by atoms with Gasteiger partial charge in [-0.25, -0.2) is 0 Å². The van der Waals surface area contributed by atoms with Crippen LogP contribution < -0.4 is 5.73 Å². The summed E-state index contributed by atoms with van der Waals surface area (Å²) in [5, 5.41) is 8.73. The number of rotatable bonds is 6. The zero-order valence-corrected chi connectivity index (χ0v) is 9.24. The highest BCUT2D eigenvalue weighted by Gasteiger charge is 2.06. The molecule has 6 nitrogen and oxygen atoms in total. The second-order valence-corrected chi connectivity index (χ2v) is 3.80. The van der Waals surface area contributed by atoms with Crippen molar-refractivity contribution in [3.63, 3.8) is 0 Å². The van der Waals surface area contributed by atoms with Crippen LogP contribution in [0.25, 0.3) is 5.57 Å². The number of carboxylic acids is 1. The van der Waals surface area contributed by atoms with Gasteiger partial charge in [0.1, 0.15) is 0 Å². The lowest BCUT2D eigenvalue weighted by molar-refractivity contribution is -0.137. The lowest BCUT2D eigenvalue weighted by atomic mass is 10.1. The van der Waals surface area contributed by atoms with Crippen LogP contribution >= 0.6 is 11.5 Å². The second kappa shape index (κ2) is 5.96. The number of anilines is 1. The number of carbonyl (C=O) groups is 2. The maximum Gasteiger partial charge on any atom is 0.303 e. The van der Waals surface area contributed by atoms with E-state index >= 15 is 0 Å². The summed E-state index contributed by atoms with van der Waals surface area (Å²) in [5.74, 6) is -0.551. The topological polar surface area (TPSA) is 106 Å². The molecule has 7 heteroatoms. The highest BCUT2D eigenvalue weighted by atomic mass is 32.1. The number of allylic oxidation sites excluding steroid dienone is 2. The Morgan fingerprint density at radius 2 is 2.31 bits per heavy atom. The van der Waals surface area contributed by atoms with Crippen LogP contribution in [0.2, 0.25) is 0 Å². The molecule has 1 heterocycles.